The Bertz CT molecular complexity index is 1310. The van der Waals surface area contributed by atoms with Gasteiger partial charge >= 0.3 is 0 Å². The van der Waals surface area contributed by atoms with Gasteiger partial charge in [0.15, 0.2) is 0 Å². The number of H-pyrrole nitrogens is 1. The monoisotopic (exact) mass is 448 g/mol. The molecule has 1 fully saturated rings. The van der Waals surface area contributed by atoms with Crippen molar-refractivity contribution in [2.75, 3.05) is 26.2 Å². The molecule has 8 heteroatoms. The Morgan fingerprint density at radius 1 is 1.03 bits per heavy atom. The van der Waals surface area contributed by atoms with Gasteiger partial charge in [-0.2, -0.15) is 0 Å². The Morgan fingerprint density at radius 3 is 2.47 bits per heavy atom. The molecule has 0 atom stereocenters. The third kappa shape index (κ3) is 4.06. The molecule has 2 aromatic heterocycles. The van der Waals surface area contributed by atoms with E-state index in [9.17, 15) is 14.0 Å². The molecule has 3 heterocycles. The van der Waals surface area contributed by atoms with E-state index in [1.807, 2.05) is 40.6 Å². The summed E-state index contributed by atoms with van der Waals surface area (Å²) in [5.41, 5.74) is 2.06. The van der Waals surface area contributed by atoms with Gasteiger partial charge in [-0.15, -0.1) is 11.3 Å². The number of aromatic amines is 1. The summed E-state index contributed by atoms with van der Waals surface area (Å²) >= 11 is 1.41. The van der Waals surface area contributed by atoms with Crippen molar-refractivity contribution < 1.29 is 9.18 Å². The second-order valence-electron chi connectivity index (χ2n) is 7.78. The number of nitrogens with zero attached hydrogens (tertiary/aromatic N) is 3. The van der Waals surface area contributed by atoms with Gasteiger partial charge in [0.1, 0.15) is 16.5 Å². The fourth-order valence-electron chi connectivity index (χ4n) is 3.99. The fraction of sp³-hybridized carbons (Fsp3) is 0.208. The van der Waals surface area contributed by atoms with Crippen LogP contribution in [0.15, 0.2) is 64.8 Å². The molecule has 1 aliphatic heterocycles. The van der Waals surface area contributed by atoms with Gasteiger partial charge in [0, 0.05) is 42.7 Å². The van der Waals surface area contributed by atoms with Crippen LogP contribution in [0.25, 0.3) is 21.3 Å². The lowest BCUT2D eigenvalue weighted by molar-refractivity contribution is 0.0625. The SMILES string of the molecule is O=C(c1ccccc1)N1CCN(Cc2nc3scc(-c4ccc(F)cc4)c3c(=O)[nH]2)CC1. The lowest BCUT2D eigenvalue weighted by Crippen LogP contribution is -2.48. The Morgan fingerprint density at radius 2 is 1.75 bits per heavy atom. The zero-order valence-electron chi connectivity index (χ0n) is 17.3. The number of hydrogen-bond donors (Lipinski definition) is 1. The van der Waals surface area contributed by atoms with Gasteiger partial charge in [-0.05, 0) is 29.8 Å². The molecular formula is C24H21FN4O2S. The number of nitrogens with one attached hydrogen (secondary N) is 1. The number of halogens is 1. The van der Waals surface area contributed by atoms with Crippen molar-refractivity contribution in [1.82, 2.24) is 19.8 Å². The van der Waals surface area contributed by atoms with E-state index in [1.165, 1.54) is 23.5 Å². The molecule has 4 aromatic rings. The van der Waals surface area contributed by atoms with E-state index in [2.05, 4.69) is 14.9 Å². The van der Waals surface area contributed by atoms with Crippen LogP contribution < -0.4 is 5.56 Å². The van der Waals surface area contributed by atoms with Gasteiger partial charge in [0.2, 0.25) is 0 Å². The molecule has 0 spiro atoms. The Labute approximate surface area is 187 Å². The zero-order valence-corrected chi connectivity index (χ0v) is 18.1. The first kappa shape index (κ1) is 20.5. The molecule has 162 valence electrons. The maximum Gasteiger partial charge on any atom is 0.260 e. The molecule has 1 aliphatic rings. The van der Waals surface area contributed by atoms with Gasteiger partial charge in [0.05, 0.1) is 11.9 Å². The molecule has 5 rings (SSSR count). The number of carbonyl (C=O) groups excluding carboxylic acids is 1. The second-order valence-corrected chi connectivity index (χ2v) is 8.64. The van der Waals surface area contributed by atoms with Gasteiger partial charge in [0.25, 0.3) is 11.5 Å². The summed E-state index contributed by atoms with van der Waals surface area (Å²) in [7, 11) is 0. The van der Waals surface area contributed by atoms with Crippen LogP contribution in [-0.4, -0.2) is 51.9 Å². The maximum atomic E-state index is 13.2. The number of piperazine rings is 1. The minimum absolute atomic E-state index is 0.0464. The van der Waals surface area contributed by atoms with E-state index < -0.39 is 0 Å². The summed E-state index contributed by atoms with van der Waals surface area (Å²) in [5.74, 6) is 0.344. The standard InChI is InChI=1S/C24H21FN4O2S/c25-18-8-6-16(7-9-18)19-15-32-23-21(19)22(30)26-20(27-23)14-28-10-12-29(13-11-28)24(31)17-4-2-1-3-5-17/h1-9,15H,10-14H2,(H,26,27,30). The maximum absolute atomic E-state index is 13.2. The number of hydrogen-bond acceptors (Lipinski definition) is 5. The third-order valence-corrected chi connectivity index (χ3v) is 6.57. The zero-order chi connectivity index (χ0) is 22.1. The van der Waals surface area contributed by atoms with E-state index in [1.54, 1.807) is 12.1 Å². The molecule has 0 bridgehead atoms. The van der Waals surface area contributed by atoms with Gasteiger partial charge in [-0.1, -0.05) is 30.3 Å². The first-order valence-corrected chi connectivity index (χ1v) is 11.3. The fourth-order valence-corrected chi connectivity index (χ4v) is 4.96. The molecule has 0 unspecified atom stereocenters. The Kier molecular flexibility index (Phi) is 5.55. The number of thiophene rings is 1. The highest BCUT2D eigenvalue weighted by Gasteiger charge is 2.23. The quantitative estimate of drug-likeness (QED) is 0.516. The van der Waals surface area contributed by atoms with Gasteiger partial charge in [-0.3, -0.25) is 14.5 Å². The van der Waals surface area contributed by atoms with Crippen LogP contribution in [0, 0.1) is 5.82 Å². The lowest BCUT2D eigenvalue weighted by atomic mass is 10.1. The number of aromatic nitrogens is 2. The summed E-state index contributed by atoms with van der Waals surface area (Å²) in [5, 5.41) is 2.42. The first-order valence-electron chi connectivity index (χ1n) is 10.4. The highest BCUT2D eigenvalue weighted by atomic mass is 32.1. The van der Waals surface area contributed by atoms with Crippen LogP contribution >= 0.6 is 11.3 Å². The molecule has 1 amide bonds. The van der Waals surface area contributed by atoms with E-state index in [0.29, 0.717) is 54.3 Å². The molecular weight excluding hydrogens is 427 g/mol. The number of rotatable bonds is 4. The summed E-state index contributed by atoms with van der Waals surface area (Å²) in [6.07, 6.45) is 0. The topological polar surface area (TPSA) is 69.3 Å². The van der Waals surface area contributed by atoms with Crippen molar-refractivity contribution >= 4 is 27.5 Å². The normalized spacial score (nSPS) is 14.7. The van der Waals surface area contributed by atoms with E-state index in [-0.39, 0.29) is 17.3 Å². The number of benzene rings is 2. The van der Waals surface area contributed by atoms with Crippen LogP contribution in [0.2, 0.25) is 0 Å². The van der Waals surface area contributed by atoms with E-state index in [0.717, 1.165) is 11.1 Å². The predicted molar refractivity (Wildman–Crippen MR) is 123 cm³/mol. The highest BCUT2D eigenvalue weighted by Crippen LogP contribution is 2.30. The lowest BCUT2D eigenvalue weighted by Gasteiger charge is -2.34. The molecule has 0 saturated carbocycles. The van der Waals surface area contributed by atoms with Crippen molar-refractivity contribution in [3.05, 3.63) is 87.5 Å². The average Bonchev–Trinajstić information content (AvgIpc) is 3.25. The predicted octanol–water partition coefficient (Wildman–Crippen LogP) is 3.75. The van der Waals surface area contributed by atoms with Gasteiger partial charge in [-0.25, -0.2) is 9.37 Å². The minimum Gasteiger partial charge on any atom is -0.336 e. The minimum atomic E-state index is -0.312. The van der Waals surface area contributed by atoms with Crippen molar-refractivity contribution in [3.63, 3.8) is 0 Å². The molecule has 0 radical (unpaired) electrons. The summed E-state index contributed by atoms with van der Waals surface area (Å²) in [6, 6.07) is 15.4. The summed E-state index contributed by atoms with van der Waals surface area (Å²) < 4.78 is 13.2. The van der Waals surface area contributed by atoms with Crippen LogP contribution in [-0.2, 0) is 6.54 Å². The van der Waals surface area contributed by atoms with Crippen LogP contribution in [0.1, 0.15) is 16.2 Å². The number of carbonyl (C=O) groups is 1. The summed E-state index contributed by atoms with van der Waals surface area (Å²) in [4.78, 5) is 37.7. The highest BCUT2D eigenvalue weighted by molar-refractivity contribution is 7.17. The molecule has 1 N–H and O–H groups in total. The van der Waals surface area contributed by atoms with Gasteiger partial charge < -0.3 is 9.88 Å². The van der Waals surface area contributed by atoms with Crippen molar-refractivity contribution in [2.45, 2.75) is 6.54 Å². The second kappa shape index (κ2) is 8.64. The first-order chi connectivity index (χ1) is 15.6. The molecule has 1 saturated heterocycles. The molecule has 2 aromatic carbocycles. The summed E-state index contributed by atoms with van der Waals surface area (Å²) in [6.45, 7) is 3.21. The van der Waals surface area contributed by atoms with Crippen LogP contribution in [0.3, 0.4) is 0 Å². The molecule has 6 nitrogen and oxygen atoms in total. The van der Waals surface area contributed by atoms with E-state index >= 15 is 0 Å². The Hall–Kier alpha value is -3.36. The van der Waals surface area contributed by atoms with Crippen molar-refractivity contribution in [1.29, 1.82) is 0 Å². The largest absolute Gasteiger partial charge is 0.336 e. The van der Waals surface area contributed by atoms with Crippen LogP contribution in [0.4, 0.5) is 4.39 Å². The molecule has 32 heavy (non-hydrogen) atoms. The number of amides is 1. The smallest absolute Gasteiger partial charge is 0.260 e. The van der Waals surface area contributed by atoms with Crippen molar-refractivity contribution in [3.8, 4) is 11.1 Å². The third-order valence-electron chi connectivity index (χ3n) is 5.70. The number of fused-ring (bicyclic) bond motifs is 1. The Balaban J connectivity index is 1.29. The molecule has 0 aliphatic carbocycles. The van der Waals surface area contributed by atoms with E-state index in [4.69, 9.17) is 0 Å². The van der Waals surface area contributed by atoms with Crippen molar-refractivity contribution in [2.24, 2.45) is 0 Å². The van der Waals surface area contributed by atoms with Crippen LogP contribution in [0.5, 0.6) is 0 Å². The average molecular weight is 449 g/mol.